The molecule has 3 heterocycles. The van der Waals surface area contributed by atoms with Crippen molar-refractivity contribution < 1.29 is 80.2 Å². The van der Waals surface area contributed by atoms with Crippen molar-refractivity contribution in [3.63, 3.8) is 0 Å². The molecule has 252 valence electrons. The molecule has 6 nitrogen and oxygen atoms in total. The fourth-order valence-corrected chi connectivity index (χ4v) is 5.80. The van der Waals surface area contributed by atoms with Gasteiger partial charge in [-0.2, -0.15) is 65.9 Å². The number of amides is 4. The van der Waals surface area contributed by atoms with Gasteiger partial charge in [-0.15, -0.1) is 0 Å². The minimum atomic E-state index is -8.54. The number of benzene rings is 2. The van der Waals surface area contributed by atoms with E-state index in [1.165, 1.54) is 24.3 Å². The number of nitrogens with zero attached hydrogens (tertiary/aromatic N) is 3. The molecule has 2 aromatic rings. The van der Waals surface area contributed by atoms with Crippen molar-refractivity contribution >= 4 is 34.3 Å². The molecule has 3 fully saturated rings. The first-order valence-electron chi connectivity index (χ1n) is 12.6. The highest BCUT2D eigenvalue weighted by atomic mass is 19.4. The summed E-state index contributed by atoms with van der Waals surface area (Å²) in [7, 11) is 0. The van der Waals surface area contributed by atoms with Gasteiger partial charge in [0.1, 0.15) is 6.04 Å². The average molecular weight is 689 g/mol. The number of hydrogen-bond donors (Lipinski definition) is 0. The second kappa shape index (κ2) is 9.55. The third-order valence-electron chi connectivity index (χ3n) is 8.13. The first kappa shape index (κ1) is 33.4. The average Bonchev–Trinajstić information content (AvgIpc) is 3.62. The summed E-state index contributed by atoms with van der Waals surface area (Å²) < 4.78 is 205. The Kier molecular flexibility index (Phi) is 6.94. The second-order valence-corrected chi connectivity index (χ2v) is 10.7. The molecular weight excluding hydrogens is 675 g/mol. The van der Waals surface area contributed by atoms with E-state index < -0.39 is 90.6 Å². The number of piperazine rings is 1. The van der Waals surface area contributed by atoms with Crippen molar-refractivity contribution in [1.29, 1.82) is 0 Å². The Bertz CT molecular complexity index is 1620. The highest BCUT2D eigenvalue weighted by Gasteiger charge is 2.94. The molecule has 0 N–H and O–H groups in total. The smallest absolute Gasteiger partial charge is 0.330 e. The number of likely N-dealkylation sites (tertiary alicyclic amines) is 1. The third-order valence-corrected chi connectivity index (χ3v) is 8.13. The number of carbonyl (C=O) groups excluding carboxylic acids is 3. The van der Waals surface area contributed by atoms with Crippen molar-refractivity contribution in [2.75, 3.05) is 11.4 Å². The van der Waals surface area contributed by atoms with Crippen LogP contribution in [0.25, 0.3) is 10.8 Å². The van der Waals surface area contributed by atoms with Gasteiger partial charge in [-0.1, -0.05) is 36.4 Å². The predicted octanol–water partition coefficient (Wildman–Crippen LogP) is 6.33. The summed E-state index contributed by atoms with van der Waals surface area (Å²) in [5.74, 6) is -53.4. The van der Waals surface area contributed by atoms with Crippen LogP contribution in [-0.2, 0) is 9.59 Å². The molecule has 0 radical (unpaired) electrons. The lowest BCUT2D eigenvalue weighted by Gasteiger charge is -2.42. The molecule has 3 atom stereocenters. The molecule has 21 heteroatoms. The van der Waals surface area contributed by atoms with Crippen LogP contribution in [0, 0.1) is 0 Å². The van der Waals surface area contributed by atoms with Crippen molar-refractivity contribution in [3.8, 4) is 0 Å². The number of rotatable bonds is 7. The fourth-order valence-electron chi connectivity index (χ4n) is 5.80. The van der Waals surface area contributed by atoms with Gasteiger partial charge in [0.25, 0.3) is 11.8 Å². The molecule has 3 saturated heterocycles. The molecule has 46 heavy (non-hydrogen) atoms. The van der Waals surface area contributed by atoms with Gasteiger partial charge < -0.3 is 9.80 Å². The van der Waals surface area contributed by atoms with Gasteiger partial charge in [0.05, 0.1) is 17.8 Å². The summed E-state index contributed by atoms with van der Waals surface area (Å²) in [4.78, 5) is 40.1. The zero-order valence-electron chi connectivity index (χ0n) is 21.9. The van der Waals surface area contributed by atoms with E-state index >= 15 is 0 Å². The Morgan fingerprint density at radius 1 is 0.674 bits per heavy atom. The van der Waals surface area contributed by atoms with Gasteiger partial charge in [-0.3, -0.25) is 9.59 Å². The van der Waals surface area contributed by atoms with Crippen LogP contribution in [-0.4, -0.2) is 94.0 Å². The normalized spacial score (nSPS) is 23.2. The van der Waals surface area contributed by atoms with Gasteiger partial charge in [0, 0.05) is 11.9 Å². The quantitative estimate of drug-likeness (QED) is 0.252. The van der Waals surface area contributed by atoms with Crippen molar-refractivity contribution in [1.82, 2.24) is 9.80 Å². The van der Waals surface area contributed by atoms with Crippen LogP contribution in [0.4, 0.5) is 76.3 Å². The van der Waals surface area contributed by atoms with Gasteiger partial charge in [-0.25, -0.2) is 9.69 Å². The van der Waals surface area contributed by atoms with E-state index in [0.717, 1.165) is 4.90 Å². The maximum absolute atomic E-state index is 14.8. The van der Waals surface area contributed by atoms with Crippen LogP contribution in [0.5, 0.6) is 0 Å². The topological polar surface area (TPSA) is 60.9 Å². The molecule has 2 bridgehead atoms. The predicted molar refractivity (Wildman–Crippen MR) is 122 cm³/mol. The van der Waals surface area contributed by atoms with Crippen LogP contribution in [0.15, 0.2) is 42.5 Å². The van der Waals surface area contributed by atoms with Crippen LogP contribution < -0.4 is 4.90 Å². The Labute approximate surface area is 245 Å². The Morgan fingerprint density at radius 2 is 1.20 bits per heavy atom. The molecule has 1 unspecified atom stereocenters. The van der Waals surface area contributed by atoms with Gasteiger partial charge >= 0.3 is 47.7 Å². The lowest BCUT2D eigenvalue weighted by Crippen LogP contribution is -2.74. The number of anilines is 1. The Hall–Kier alpha value is -3.94. The number of imide groups is 1. The summed E-state index contributed by atoms with van der Waals surface area (Å²) in [6, 6.07) is 4.08. The van der Waals surface area contributed by atoms with Crippen LogP contribution in [0.1, 0.15) is 6.42 Å². The van der Waals surface area contributed by atoms with Crippen LogP contribution >= 0.6 is 0 Å². The SMILES string of the molecule is O=C1[C@H]2C3C[C@H](CN3C(=O)C(F)(F)C(F)(F)C(F)(F)C(F)(F)C(F)(F)C(F)(F)C(F)(F)F)N2C(=O)N1c1cccc2ccccc12. The third kappa shape index (κ3) is 3.91. The Balaban J connectivity index is 1.46. The standard InChI is InChI=1S/C25H14F15N3O3/c26-19(27,20(28,29)21(30,31)22(32,33)23(34,35)24(36,37)25(38,39)40)17(45)41-9-11-8-14(41)15-16(44)43(18(46)42(11)15)13-7-3-5-10-4-1-2-6-12(10)13/h1-7,11,14-15H,8-9H2/t11-,14?,15-/m1/s1. The first-order chi connectivity index (χ1) is 20.8. The van der Waals surface area contributed by atoms with Crippen LogP contribution in [0.2, 0.25) is 0 Å². The van der Waals surface area contributed by atoms with Crippen molar-refractivity contribution in [3.05, 3.63) is 42.5 Å². The molecule has 3 aliphatic rings. The molecule has 0 spiro atoms. The molecule has 0 aromatic heterocycles. The van der Waals surface area contributed by atoms with Gasteiger partial charge in [0.15, 0.2) is 0 Å². The minimum Gasteiger partial charge on any atom is -0.330 e. The van der Waals surface area contributed by atoms with E-state index in [2.05, 4.69) is 0 Å². The number of halogens is 15. The summed E-state index contributed by atoms with van der Waals surface area (Å²) in [5, 5.41) is 0.820. The van der Waals surface area contributed by atoms with E-state index in [9.17, 15) is 80.2 Å². The zero-order valence-corrected chi connectivity index (χ0v) is 21.9. The maximum atomic E-state index is 14.8. The molecule has 5 rings (SSSR count). The van der Waals surface area contributed by atoms with E-state index in [0.29, 0.717) is 15.7 Å². The molecule has 0 aliphatic carbocycles. The fraction of sp³-hybridized carbons (Fsp3) is 0.480. The summed E-state index contributed by atoms with van der Waals surface area (Å²) in [5.41, 5.74) is -0.0462. The summed E-state index contributed by atoms with van der Waals surface area (Å²) in [6.45, 7) is -1.20. The summed E-state index contributed by atoms with van der Waals surface area (Å²) >= 11 is 0. The highest BCUT2D eigenvalue weighted by Crippen LogP contribution is 2.62. The lowest BCUT2D eigenvalue weighted by atomic mass is 9.90. The summed E-state index contributed by atoms with van der Waals surface area (Å²) in [6.07, 6.45) is -8.36. The monoisotopic (exact) mass is 689 g/mol. The van der Waals surface area contributed by atoms with Crippen LogP contribution in [0.3, 0.4) is 0 Å². The minimum absolute atomic E-state index is 0.0462. The van der Waals surface area contributed by atoms with E-state index in [1.54, 1.807) is 18.2 Å². The molecule has 3 aliphatic heterocycles. The number of carbonyl (C=O) groups is 3. The van der Waals surface area contributed by atoms with Gasteiger partial charge in [0.2, 0.25) is 0 Å². The van der Waals surface area contributed by atoms with Gasteiger partial charge in [-0.05, 0) is 17.9 Å². The highest BCUT2D eigenvalue weighted by molar-refractivity contribution is 6.25. The second-order valence-electron chi connectivity index (χ2n) is 10.7. The maximum Gasteiger partial charge on any atom is 0.460 e. The molecular formula is C25H14F15N3O3. The first-order valence-corrected chi connectivity index (χ1v) is 12.6. The molecule has 4 amide bonds. The Morgan fingerprint density at radius 3 is 1.78 bits per heavy atom. The molecule has 2 aromatic carbocycles. The zero-order chi connectivity index (χ0) is 34.8. The van der Waals surface area contributed by atoms with Crippen molar-refractivity contribution in [2.24, 2.45) is 0 Å². The van der Waals surface area contributed by atoms with E-state index in [4.69, 9.17) is 0 Å². The van der Waals surface area contributed by atoms with Crippen molar-refractivity contribution in [2.45, 2.75) is 66.3 Å². The largest absolute Gasteiger partial charge is 0.460 e. The number of alkyl halides is 15. The number of fused-ring (bicyclic) bond motifs is 6. The molecule has 0 saturated carbocycles. The van der Waals surface area contributed by atoms with E-state index in [-0.39, 0.29) is 10.6 Å². The van der Waals surface area contributed by atoms with E-state index in [1.807, 2.05) is 0 Å². The lowest BCUT2D eigenvalue weighted by molar-refractivity contribution is -0.450. The number of hydrogen-bond acceptors (Lipinski definition) is 3. The number of urea groups is 1.